The number of esters is 1. The van der Waals surface area contributed by atoms with Crippen molar-refractivity contribution in [2.75, 3.05) is 6.61 Å². The molecule has 0 fully saturated rings. The number of hydrogen-bond acceptors (Lipinski definition) is 5. The number of H-pyrrole nitrogens is 1. The van der Waals surface area contributed by atoms with E-state index in [9.17, 15) is 14.4 Å². The molecule has 2 rings (SSSR count). The maximum absolute atomic E-state index is 12.1. The first-order chi connectivity index (χ1) is 10.9. The van der Waals surface area contributed by atoms with E-state index in [0.29, 0.717) is 22.5 Å². The van der Waals surface area contributed by atoms with Gasteiger partial charge in [-0.1, -0.05) is 0 Å². The minimum Gasteiger partial charge on any atom is -0.454 e. The van der Waals surface area contributed by atoms with Gasteiger partial charge in [0.1, 0.15) is 0 Å². The van der Waals surface area contributed by atoms with Crippen LogP contribution in [0.2, 0.25) is 0 Å². The Morgan fingerprint density at radius 1 is 1.30 bits per heavy atom. The summed E-state index contributed by atoms with van der Waals surface area (Å²) < 4.78 is 4.94. The highest BCUT2D eigenvalue weighted by Crippen LogP contribution is 2.19. The van der Waals surface area contributed by atoms with Crippen LogP contribution in [0.15, 0.2) is 22.9 Å². The van der Waals surface area contributed by atoms with Gasteiger partial charge in [0.25, 0.3) is 0 Å². The molecule has 2 aromatic rings. The van der Waals surface area contributed by atoms with E-state index in [1.807, 2.05) is 16.8 Å². The average molecular weight is 331 g/mol. The minimum absolute atomic E-state index is 0.106. The summed E-state index contributed by atoms with van der Waals surface area (Å²) in [7, 11) is 0. The topological polar surface area (TPSA) is 76.2 Å². The van der Waals surface area contributed by atoms with E-state index in [0.717, 1.165) is 5.56 Å². The second kappa shape index (κ2) is 7.19. The van der Waals surface area contributed by atoms with Crippen molar-refractivity contribution in [3.8, 4) is 0 Å². The van der Waals surface area contributed by atoms with Crippen LogP contribution in [0.25, 0.3) is 6.08 Å². The van der Waals surface area contributed by atoms with Crippen LogP contribution < -0.4 is 0 Å². The minimum atomic E-state index is -0.586. The van der Waals surface area contributed by atoms with Crippen molar-refractivity contribution in [1.82, 2.24) is 4.98 Å². The molecule has 0 aliphatic rings. The van der Waals surface area contributed by atoms with Crippen LogP contribution >= 0.6 is 11.3 Å². The highest BCUT2D eigenvalue weighted by Gasteiger charge is 2.20. The van der Waals surface area contributed by atoms with Crippen LogP contribution in [0.1, 0.15) is 44.6 Å². The van der Waals surface area contributed by atoms with Gasteiger partial charge in [-0.25, -0.2) is 4.79 Å². The fraction of sp³-hybridized carbons (Fsp3) is 0.235. The molecule has 0 saturated heterocycles. The molecule has 6 heteroatoms. The second-order valence-corrected chi connectivity index (χ2v) is 5.88. The highest BCUT2D eigenvalue weighted by molar-refractivity contribution is 7.08. The monoisotopic (exact) mass is 331 g/mol. The van der Waals surface area contributed by atoms with Gasteiger partial charge in [-0.2, -0.15) is 11.3 Å². The van der Waals surface area contributed by atoms with E-state index in [1.54, 1.807) is 19.9 Å². The number of rotatable bonds is 6. The van der Waals surface area contributed by atoms with Crippen molar-refractivity contribution in [2.45, 2.75) is 20.8 Å². The van der Waals surface area contributed by atoms with Crippen LogP contribution in [0.4, 0.5) is 0 Å². The fourth-order valence-corrected chi connectivity index (χ4v) is 2.98. The Hall–Kier alpha value is -2.47. The van der Waals surface area contributed by atoms with E-state index < -0.39 is 5.97 Å². The van der Waals surface area contributed by atoms with Gasteiger partial charge in [0, 0.05) is 17.3 Å². The maximum Gasteiger partial charge on any atom is 0.331 e. The first-order valence-electron chi connectivity index (χ1n) is 7.00. The molecular formula is C17H17NO4S. The lowest BCUT2D eigenvalue weighted by molar-refractivity contribution is -0.136. The van der Waals surface area contributed by atoms with E-state index in [2.05, 4.69) is 4.98 Å². The maximum atomic E-state index is 12.1. The highest BCUT2D eigenvalue weighted by atomic mass is 32.1. The molecule has 5 nitrogen and oxygen atoms in total. The molecule has 0 unspecified atom stereocenters. The van der Waals surface area contributed by atoms with Gasteiger partial charge in [-0.05, 0) is 54.8 Å². The van der Waals surface area contributed by atoms with Crippen LogP contribution in [0, 0.1) is 13.8 Å². The molecule has 2 heterocycles. The molecule has 120 valence electrons. The quantitative estimate of drug-likeness (QED) is 0.500. The molecule has 0 amide bonds. The van der Waals surface area contributed by atoms with Gasteiger partial charge >= 0.3 is 5.97 Å². The first-order valence-corrected chi connectivity index (χ1v) is 7.94. The van der Waals surface area contributed by atoms with Crippen molar-refractivity contribution in [2.24, 2.45) is 0 Å². The Morgan fingerprint density at radius 3 is 2.61 bits per heavy atom. The van der Waals surface area contributed by atoms with E-state index in [-0.39, 0.29) is 18.2 Å². The zero-order valence-corrected chi connectivity index (χ0v) is 14.0. The van der Waals surface area contributed by atoms with Crippen LogP contribution in [0.3, 0.4) is 0 Å². The number of aromatic nitrogens is 1. The summed E-state index contributed by atoms with van der Waals surface area (Å²) >= 11 is 1.53. The lowest BCUT2D eigenvalue weighted by atomic mass is 10.1. The predicted molar refractivity (Wildman–Crippen MR) is 88.9 cm³/mol. The number of ether oxygens (including phenoxy) is 1. The first kappa shape index (κ1) is 16.9. The van der Waals surface area contributed by atoms with Crippen LogP contribution in [-0.4, -0.2) is 29.1 Å². The van der Waals surface area contributed by atoms with Crippen molar-refractivity contribution in [3.63, 3.8) is 0 Å². The molecular weight excluding hydrogens is 314 g/mol. The summed E-state index contributed by atoms with van der Waals surface area (Å²) in [5.41, 5.74) is 2.95. The third kappa shape index (κ3) is 4.04. The number of Topliss-reactive ketones (excluding diaryl/α,β-unsaturated/α-hetero) is 2. The summed E-state index contributed by atoms with van der Waals surface area (Å²) in [6.07, 6.45) is 2.91. The molecule has 23 heavy (non-hydrogen) atoms. The van der Waals surface area contributed by atoms with Gasteiger partial charge < -0.3 is 9.72 Å². The molecule has 0 atom stereocenters. The molecule has 0 spiro atoms. The van der Waals surface area contributed by atoms with E-state index in [4.69, 9.17) is 4.74 Å². The van der Waals surface area contributed by atoms with E-state index in [1.165, 1.54) is 24.3 Å². The zero-order valence-electron chi connectivity index (χ0n) is 13.1. The number of thiophene rings is 1. The number of carbonyl (C=O) groups excluding carboxylic acids is 3. The largest absolute Gasteiger partial charge is 0.454 e. The van der Waals surface area contributed by atoms with Gasteiger partial charge in [0.15, 0.2) is 12.4 Å². The molecule has 0 aliphatic heterocycles. The van der Waals surface area contributed by atoms with Gasteiger partial charge in [-0.3, -0.25) is 9.59 Å². The predicted octanol–water partition coefficient (Wildman–Crippen LogP) is 3.33. The average Bonchev–Trinajstić information content (AvgIpc) is 3.10. The van der Waals surface area contributed by atoms with Gasteiger partial charge in [0.2, 0.25) is 5.78 Å². The number of aryl methyl sites for hydroxylation is 1. The fourth-order valence-electron chi connectivity index (χ4n) is 2.35. The van der Waals surface area contributed by atoms with Crippen molar-refractivity contribution in [3.05, 3.63) is 51.0 Å². The van der Waals surface area contributed by atoms with Crippen molar-refractivity contribution < 1.29 is 19.1 Å². The Bertz CT molecular complexity index is 769. The normalized spacial score (nSPS) is 10.9. The number of hydrogen-bond donors (Lipinski definition) is 1. The molecule has 0 aromatic carbocycles. The Kier molecular flexibility index (Phi) is 5.28. The lowest BCUT2D eigenvalue weighted by Gasteiger charge is -2.01. The molecule has 2 aromatic heterocycles. The summed E-state index contributed by atoms with van der Waals surface area (Å²) in [5, 5.41) is 3.79. The standard InChI is InChI=1S/C17H17NO4S/c1-10-16(12(3)19)11(2)18-17(10)14(20)8-22-15(21)5-4-13-6-7-23-9-13/h4-7,9,18H,8H2,1-3H3/b5-4+. The summed E-state index contributed by atoms with van der Waals surface area (Å²) in [4.78, 5) is 38.2. The summed E-state index contributed by atoms with van der Waals surface area (Å²) in [6.45, 7) is 4.51. The van der Waals surface area contributed by atoms with Gasteiger partial charge in [-0.15, -0.1) is 0 Å². The SMILES string of the molecule is CC(=O)c1c(C)[nH]c(C(=O)COC(=O)/C=C/c2ccsc2)c1C. The lowest BCUT2D eigenvalue weighted by Crippen LogP contribution is -2.14. The third-order valence-corrected chi connectivity index (χ3v) is 4.07. The van der Waals surface area contributed by atoms with Crippen LogP contribution in [0.5, 0.6) is 0 Å². The Morgan fingerprint density at radius 2 is 2.04 bits per heavy atom. The third-order valence-electron chi connectivity index (χ3n) is 3.37. The second-order valence-electron chi connectivity index (χ2n) is 5.10. The number of carbonyl (C=O) groups is 3. The molecule has 1 N–H and O–H groups in total. The van der Waals surface area contributed by atoms with Crippen molar-refractivity contribution >= 4 is 34.9 Å². The summed E-state index contributed by atoms with van der Waals surface area (Å²) in [6, 6.07) is 1.87. The number of aromatic amines is 1. The van der Waals surface area contributed by atoms with Gasteiger partial charge in [0.05, 0.1) is 5.69 Å². The Balaban J connectivity index is 1.99. The molecule has 0 aliphatic carbocycles. The number of nitrogens with one attached hydrogen (secondary N) is 1. The smallest absolute Gasteiger partial charge is 0.331 e. The summed E-state index contributed by atoms with van der Waals surface area (Å²) in [5.74, 6) is -1.06. The van der Waals surface area contributed by atoms with Crippen molar-refractivity contribution in [1.29, 1.82) is 0 Å². The molecule has 0 bridgehead atoms. The van der Waals surface area contributed by atoms with E-state index >= 15 is 0 Å². The zero-order chi connectivity index (χ0) is 17.0. The molecule has 0 radical (unpaired) electrons. The Labute approximate surface area is 138 Å². The number of ketones is 2. The van der Waals surface area contributed by atoms with Crippen LogP contribution in [-0.2, 0) is 9.53 Å². The molecule has 0 saturated carbocycles.